The standard InChI is InChI=1S/C29H31N3O3/c1-4-17-32(5-2)19-20-11-14-23(15-12-20)30-27(21-9-7-6-8-10-21)26-24-16-13-22(29(34)35-3)18-25(24)31-28(26)33/h6-16,18,30H,4-5,17,19H2,1-3H3,(H,31,33)/b27-26-. The summed E-state index contributed by atoms with van der Waals surface area (Å²) in [5.74, 6) is -0.662. The molecule has 0 spiro atoms. The van der Waals surface area contributed by atoms with Gasteiger partial charge in [0.2, 0.25) is 0 Å². The van der Waals surface area contributed by atoms with E-state index in [1.54, 1.807) is 18.2 Å². The van der Waals surface area contributed by atoms with E-state index in [2.05, 4.69) is 41.5 Å². The van der Waals surface area contributed by atoms with Gasteiger partial charge in [-0.15, -0.1) is 0 Å². The number of methoxy groups -OCH3 is 1. The van der Waals surface area contributed by atoms with Crippen molar-refractivity contribution in [2.75, 3.05) is 30.8 Å². The molecule has 2 N–H and O–H groups in total. The molecule has 1 heterocycles. The fourth-order valence-corrected chi connectivity index (χ4v) is 4.31. The first-order valence-corrected chi connectivity index (χ1v) is 12.0. The van der Waals surface area contributed by atoms with Crippen LogP contribution >= 0.6 is 0 Å². The lowest BCUT2D eigenvalue weighted by atomic mass is 9.99. The van der Waals surface area contributed by atoms with Crippen LogP contribution in [0.15, 0.2) is 72.8 Å². The second kappa shape index (κ2) is 11.0. The molecule has 0 radical (unpaired) electrons. The lowest BCUT2D eigenvalue weighted by Gasteiger charge is -2.20. The van der Waals surface area contributed by atoms with Gasteiger partial charge in [0, 0.05) is 17.8 Å². The van der Waals surface area contributed by atoms with Gasteiger partial charge in [-0.25, -0.2) is 4.79 Å². The van der Waals surface area contributed by atoms with Crippen LogP contribution in [-0.2, 0) is 16.1 Å². The molecular weight excluding hydrogens is 438 g/mol. The molecule has 0 saturated carbocycles. The Morgan fingerprint density at radius 1 is 0.971 bits per heavy atom. The van der Waals surface area contributed by atoms with Crippen molar-refractivity contribution in [1.82, 2.24) is 4.90 Å². The minimum absolute atomic E-state index is 0.219. The summed E-state index contributed by atoms with van der Waals surface area (Å²) in [6.45, 7) is 7.39. The quantitative estimate of drug-likeness (QED) is 0.314. The number of amides is 1. The predicted octanol–water partition coefficient (Wildman–Crippen LogP) is 5.64. The molecule has 0 aliphatic carbocycles. The van der Waals surface area contributed by atoms with E-state index < -0.39 is 5.97 Å². The van der Waals surface area contributed by atoms with Crippen molar-refractivity contribution >= 4 is 34.5 Å². The van der Waals surface area contributed by atoms with Gasteiger partial charge >= 0.3 is 5.97 Å². The summed E-state index contributed by atoms with van der Waals surface area (Å²) in [5.41, 5.74) is 6.00. The van der Waals surface area contributed by atoms with E-state index in [9.17, 15) is 9.59 Å². The van der Waals surface area contributed by atoms with Crippen LogP contribution in [0, 0.1) is 0 Å². The van der Waals surface area contributed by atoms with Crippen molar-refractivity contribution in [2.45, 2.75) is 26.8 Å². The molecule has 0 aromatic heterocycles. The Bertz CT molecular complexity index is 1230. The maximum Gasteiger partial charge on any atom is 0.337 e. The molecule has 0 atom stereocenters. The number of rotatable bonds is 9. The third-order valence-electron chi connectivity index (χ3n) is 6.11. The summed E-state index contributed by atoms with van der Waals surface area (Å²) in [6, 6.07) is 23.2. The van der Waals surface area contributed by atoms with Gasteiger partial charge in [-0.1, -0.05) is 62.4 Å². The average molecular weight is 470 g/mol. The lowest BCUT2D eigenvalue weighted by molar-refractivity contribution is -0.110. The van der Waals surface area contributed by atoms with Crippen molar-refractivity contribution in [1.29, 1.82) is 0 Å². The van der Waals surface area contributed by atoms with Crippen molar-refractivity contribution in [3.63, 3.8) is 0 Å². The van der Waals surface area contributed by atoms with E-state index in [1.165, 1.54) is 12.7 Å². The van der Waals surface area contributed by atoms with Gasteiger partial charge in [0.25, 0.3) is 5.91 Å². The van der Waals surface area contributed by atoms with Crippen LogP contribution in [0.5, 0.6) is 0 Å². The number of fused-ring (bicyclic) bond motifs is 1. The molecule has 0 bridgehead atoms. The molecule has 6 heteroatoms. The summed E-state index contributed by atoms with van der Waals surface area (Å²) in [7, 11) is 1.34. The van der Waals surface area contributed by atoms with Gasteiger partial charge in [-0.05, 0) is 54.9 Å². The molecule has 0 unspecified atom stereocenters. The van der Waals surface area contributed by atoms with Crippen molar-refractivity contribution < 1.29 is 14.3 Å². The van der Waals surface area contributed by atoms with Crippen LogP contribution in [0.4, 0.5) is 11.4 Å². The Kier molecular flexibility index (Phi) is 7.63. The fraction of sp³-hybridized carbons (Fsp3) is 0.241. The fourth-order valence-electron chi connectivity index (χ4n) is 4.31. The second-order valence-corrected chi connectivity index (χ2v) is 8.51. The van der Waals surface area contributed by atoms with E-state index in [-0.39, 0.29) is 5.91 Å². The smallest absolute Gasteiger partial charge is 0.337 e. The SMILES string of the molecule is CCCN(CC)Cc1ccc(N/C(=C2\C(=O)Nc3cc(C(=O)OC)ccc32)c2ccccc2)cc1. The number of nitrogens with zero attached hydrogens (tertiary/aromatic N) is 1. The molecule has 3 aromatic rings. The number of esters is 1. The average Bonchev–Trinajstić information content (AvgIpc) is 3.22. The number of hydrogen-bond acceptors (Lipinski definition) is 5. The molecule has 1 aliphatic heterocycles. The van der Waals surface area contributed by atoms with Crippen LogP contribution < -0.4 is 10.6 Å². The highest BCUT2D eigenvalue weighted by Gasteiger charge is 2.29. The maximum absolute atomic E-state index is 13.1. The van der Waals surface area contributed by atoms with Gasteiger partial charge in [0.1, 0.15) is 0 Å². The molecule has 0 fully saturated rings. The number of carbonyl (C=O) groups excluding carboxylic acids is 2. The summed E-state index contributed by atoms with van der Waals surface area (Å²) >= 11 is 0. The van der Waals surface area contributed by atoms with Gasteiger partial charge in [-0.2, -0.15) is 0 Å². The van der Waals surface area contributed by atoms with Crippen LogP contribution in [0.2, 0.25) is 0 Å². The molecule has 180 valence electrons. The zero-order chi connectivity index (χ0) is 24.8. The second-order valence-electron chi connectivity index (χ2n) is 8.51. The maximum atomic E-state index is 13.1. The Morgan fingerprint density at radius 2 is 1.71 bits per heavy atom. The third kappa shape index (κ3) is 5.44. The van der Waals surface area contributed by atoms with E-state index in [0.717, 1.165) is 42.9 Å². The van der Waals surface area contributed by atoms with Crippen molar-refractivity contribution in [3.8, 4) is 0 Å². The Hall–Kier alpha value is -3.90. The van der Waals surface area contributed by atoms with Gasteiger partial charge in [0.15, 0.2) is 0 Å². The molecule has 35 heavy (non-hydrogen) atoms. The number of hydrogen-bond donors (Lipinski definition) is 2. The highest BCUT2D eigenvalue weighted by atomic mass is 16.5. The van der Waals surface area contributed by atoms with Crippen LogP contribution in [0.25, 0.3) is 11.3 Å². The first-order chi connectivity index (χ1) is 17.0. The van der Waals surface area contributed by atoms with Crippen LogP contribution in [0.1, 0.15) is 47.3 Å². The van der Waals surface area contributed by atoms with Gasteiger partial charge in [0.05, 0.1) is 29.6 Å². The minimum Gasteiger partial charge on any atom is -0.465 e. The van der Waals surface area contributed by atoms with E-state index in [1.807, 2.05) is 42.5 Å². The first kappa shape index (κ1) is 24.2. The summed E-state index contributed by atoms with van der Waals surface area (Å²) in [4.78, 5) is 27.5. The number of anilines is 2. The minimum atomic E-state index is -0.443. The Labute approximate surface area is 206 Å². The van der Waals surface area contributed by atoms with Crippen LogP contribution in [-0.4, -0.2) is 37.0 Å². The van der Waals surface area contributed by atoms with Gasteiger partial charge in [-0.3, -0.25) is 9.69 Å². The number of carbonyl (C=O) groups is 2. The predicted molar refractivity (Wildman–Crippen MR) is 141 cm³/mol. The number of nitrogens with one attached hydrogen (secondary N) is 2. The van der Waals surface area contributed by atoms with Crippen LogP contribution in [0.3, 0.4) is 0 Å². The topological polar surface area (TPSA) is 70.7 Å². The number of ether oxygens (including phenoxy) is 1. The number of benzene rings is 3. The largest absolute Gasteiger partial charge is 0.465 e. The highest BCUT2D eigenvalue weighted by molar-refractivity contribution is 6.37. The van der Waals surface area contributed by atoms with Crippen molar-refractivity contribution in [3.05, 3.63) is 95.1 Å². The monoisotopic (exact) mass is 469 g/mol. The molecular formula is C29H31N3O3. The van der Waals surface area contributed by atoms with E-state index >= 15 is 0 Å². The van der Waals surface area contributed by atoms with E-state index in [4.69, 9.17) is 4.74 Å². The zero-order valence-corrected chi connectivity index (χ0v) is 20.4. The molecule has 1 aliphatic rings. The lowest BCUT2D eigenvalue weighted by Crippen LogP contribution is -2.23. The van der Waals surface area contributed by atoms with E-state index in [0.29, 0.717) is 22.5 Å². The zero-order valence-electron chi connectivity index (χ0n) is 20.4. The van der Waals surface area contributed by atoms with Crippen molar-refractivity contribution in [2.24, 2.45) is 0 Å². The molecule has 3 aromatic carbocycles. The highest BCUT2D eigenvalue weighted by Crippen LogP contribution is 2.38. The third-order valence-corrected chi connectivity index (χ3v) is 6.11. The molecule has 0 saturated heterocycles. The molecule has 1 amide bonds. The van der Waals surface area contributed by atoms with Gasteiger partial charge < -0.3 is 15.4 Å². The molecule has 4 rings (SSSR count). The normalized spacial score (nSPS) is 13.9. The summed E-state index contributed by atoms with van der Waals surface area (Å²) in [5, 5.41) is 6.39. The summed E-state index contributed by atoms with van der Waals surface area (Å²) in [6.07, 6.45) is 1.13. The molecule has 6 nitrogen and oxygen atoms in total. The Balaban J connectivity index is 1.70. The Morgan fingerprint density at radius 3 is 2.37 bits per heavy atom. The first-order valence-electron chi connectivity index (χ1n) is 12.0. The summed E-state index contributed by atoms with van der Waals surface area (Å²) < 4.78 is 4.82.